The molecule has 2 atom stereocenters. The maximum atomic E-state index is 12.0. The lowest BCUT2D eigenvalue weighted by molar-refractivity contribution is -0.123. The highest BCUT2D eigenvalue weighted by atomic mass is 16.3. The number of hydrogen-bond acceptors (Lipinski definition) is 2. The fourth-order valence-corrected chi connectivity index (χ4v) is 1.79. The van der Waals surface area contributed by atoms with Crippen LogP contribution in [0, 0.1) is 0 Å². The second-order valence-corrected chi connectivity index (χ2v) is 4.35. The fraction of sp³-hybridized carbons (Fsp3) is 0.500. The summed E-state index contributed by atoms with van der Waals surface area (Å²) in [6.07, 6.45) is 1.29. The van der Waals surface area contributed by atoms with Crippen LogP contribution in [0.25, 0.3) is 0 Å². The minimum Gasteiger partial charge on any atom is -0.392 e. The standard InChI is InChI=1S/C14H21NO2/c1-3-7-13(12-8-5-4-6-9-12)14(17)15-10-11(2)16/h4-6,8-9,11,13,16H,3,7,10H2,1-2H3,(H,15,17). The molecule has 3 heteroatoms. The zero-order valence-corrected chi connectivity index (χ0v) is 10.5. The largest absolute Gasteiger partial charge is 0.392 e. The molecule has 1 amide bonds. The van der Waals surface area contributed by atoms with Crippen molar-refractivity contribution in [1.82, 2.24) is 5.32 Å². The summed E-state index contributed by atoms with van der Waals surface area (Å²) in [5.74, 6) is -0.112. The van der Waals surface area contributed by atoms with Crippen LogP contribution >= 0.6 is 0 Å². The van der Waals surface area contributed by atoms with Gasteiger partial charge >= 0.3 is 0 Å². The predicted octanol–water partition coefficient (Wildman–Crippen LogP) is 2.07. The van der Waals surface area contributed by atoms with Crippen LogP contribution in [-0.4, -0.2) is 23.7 Å². The van der Waals surface area contributed by atoms with E-state index in [4.69, 9.17) is 5.11 Å². The summed E-state index contributed by atoms with van der Waals surface area (Å²) < 4.78 is 0. The van der Waals surface area contributed by atoms with E-state index in [-0.39, 0.29) is 11.8 Å². The molecule has 0 aliphatic heterocycles. The number of carbonyl (C=O) groups excluding carboxylic acids is 1. The lowest BCUT2D eigenvalue weighted by Gasteiger charge is -2.17. The van der Waals surface area contributed by atoms with Crippen LogP contribution in [0.2, 0.25) is 0 Å². The van der Waals surface area contributed by atoms with E-state index in [1.54, 1.807) is 6.92 Å². The Morgan fingerprint density at radius 1 is 1.35 bits per heavy atom. The second kappa shape index (κ2) is 7.07. The molecule has 0 spiro atoms. The van der Waals surface area contributed by atoms with E-state index in [9.17, 15) is 4.79 Å². The van der Waals surface area contributed by atoms with Gasteiger partial charge in [-0.15, -0.1) is 0 Å². The molecule has 0 heterocycles. The van der Waals surface area contributed by atoms with Crippen molar-refractivity contribution >= 4 is 5.91 Å². The average molecular weight is 235 g/mol. The molecule has 0 saturated heterocycles. The summed E-state index contributed by atoms with van der Waals surface area (Å²) >= 11 is 0. The number of rotatable bonds is 6. The van der Waals surface area contributed by atoms with Gasteiger partial charge in [0.05, 0.1) is 12.0 Å². The Kier molecular flexibility index (Phi) is 5.70. The number of amides is 1. The lowest BCUT2D eigenvalue weighted by Crippen LogP contribution is -2.34. The van der Waals surface area contributed by atoms with E-state index in [0.29, 0.717) is 6.54 Å². The molecule has 0 fully saturated rings. The van der Waals surface area contributed by atoms with Crippen LogP contribution in [0.1, 0.15) is 38.2 Å². The van der Waals surface area contributed by atoms with E-state index in [1.165, 1.54) is 0 Å². The first-order valence-corrected chi connectivity index (χ1v) is 6.15. The molecule has 1 aromatic carbocycles. The molecule has 3 nitrogen and oxygen atoms in total. The van der Waals surface area contributed by atoms with Gasteiger partial charge in [0.1, 0.15) is 0 Å². The Labute approximate surface area is 103 Å². The lowest BCUT2D eigenvalue weighted by atomic mass is 9.93. The highest BCUT2D eigenvalue weighted by Crippen LogP contribution is 2.21. The van der Waals surface area contributed by atoms with Gasteiger partial charge in [-0.2, -0.15) is 0 Å². The molecule has 0 aliphatic carbocycles. The van der Waals surface area contributed by atoms with E-state index in [0.717, 1.165) is 18.4 Å². The maximum absolute atomic E-state index is 12.0. The summed E-state index contributed by atoms with van der Waals surface area (Å²) in [6, 6.07) is 9.78. The minimum absolute atomic E-state index is 0.000972. The van der Waals surface area contributed by atoms with Crippen molar-refractivity contribution in [2.45, 2.75) is 38.7 Å². The topological polar surface area (TPSA) is 49.3 Å². The summed E-state index contributed by atoms with van der Waals surface area (Å²) in [4.78, 5) is 12.0. The molecule has 0 radical (unpaired) electrons. The van der Waals surface area contributed by atoms with E-state index >= 15 is 0 Å². The molecule has 2 unspecified atom stereocenters. The van der Waals surface area contributed by atoms with Crippen molar-refractivity contribution in [2.75, 3.05) is 6.54 Å². The Morgan fingerprint density at radius 3 is 2.53 bits per heavy atom. The number of hydrogen-bond donors (Lipinski definition) is 2. The first-order chi connectivity index (χ1) is 8.15. The van der Waals surface area contributed by atoms with Gasteiger partial charge < -0.3 is 10.4 Å². The summed E-state index contributed by atoms with van der Waals surface area (Å²) in [5, 5.41) is 11.9. The van der Waals surface area contributed by atoms with Crippen molar-refractivity contribution in [1.29, 1.82) is 0 Å². The Morgan fingerprint density at radius 2 is 2.00 bits per heavy atom. The van der Waals surface area contributed by atoms with Gasteiger partial charge in [-0.05, 0) is 18.9 Å². The van der Waals surface area contributed by atoms with Crippen LogP contribution in [0.4, 0.5) is 0 Å². The van der Waals surface area contributed by atoms with Gasteiger partial charge in [0, 0.05) is 6.54 Å². The Balaban J connectivity index is 2.69. The molecule has 0 aromatic heterocycles. The van der Waals surface area contributed by atoms with Crippen molar-refractivity contribution in [2.24, 2.45) is 0 Å². The highest BCUT2D eigenvalue weighted by Gasteiger charge is 2.19. The molecular formula is C14H21NO2. The number of aliphatic hydroxyl groups excluding tert-OH is 1. The van der Waals surface area contributed by atoms with Crippen LogP contribution in [0.15, 0.2) is 30.3 Å². The third kappa shape index (κ3) is 4.57. The van der Waals surface area contributed by atoms with E-state index < -0.39 is 6.10 Å². The quantitative estimate of drug-likeness (QED) is 0.793. The summed E-state index contributed by atoms with van der Waals surface area (Å²) in [5.41, 5.74) is 1.04. The number of carbonyl (C=O) groups is 1. The maximum Gasteiger partial charge on any atom is 0.227 e. The molecule has 0 aliphatic rings. The number of nitrogens with one attached hydrogen (secondary N) is 1. The molecule has 94 valence electrons. The SMILES string of the molecule is CCCC(C(=O)NCC(C)O)c1ccccc1. The first-order valence-electron chi connectivity index (χ1n) is 6.15. The molecule has 1 aromatic rings. The minimum atomic E-state index is -0.503. The van der Waals surface area contributed by atoms with Gasteiger partial charge in [-0.25, -0.2) is 0 Å². The third-order valence-corrected chi connectivity index (χ3v) is 2.67. The van der Waals surface area contributed by atoms with Crippen molar-refractivity contribution in [3.8, 4) is 0 Å². The Bertz CT molecular complexity index is 335. The zero-order chi connectivity index (χ0) is 12.7. The molecular weight excluding hydrogens is 214 g/mol. The molecule has 0 saturated carbocycles. The van der Waals surface area contributed by atoms with Crippen LogP contribution in [0.3, 0.4) is 0 Å². The zero-order valence-electron chi connectivity index (χ0n) is 10.5. The van der Waals surface area contributed by atoms with Crippen LogP contribution in [0.5, 0.6) is 0 Å². The van der Waals surface area contributed by atoms with Gasteiger partial charge in [-0.1, -0.05) is 43.7 Å². The first kappa shape index (κ1) is 13.7. The van der Waals surface area contributed by atoms with Crippen molar-refractivity contribution in [3.63, 3.8) is 0 Å². The third-order valence-electron chi connectivity index (χ3n) is 2.67. The average Bonchev–Trinajstić information content (AvgIpc) is 2.34. The predicted molar refractivity (Wildman–Crippen MR) is 68.8 cm³/mol. The van der Waals surface area contributed by atoms with E-state index in [2.05, 4.69) is 12.2 Å². The van der Waals surface area contributed by atoms with Crippen LogP contribution in [-0.2, 0) is 4.79 Å². The number of aliphatic hydroxyl groups is 1. The van der Waals surface area contributed by atoms with Gasteiger partial charge in [0.15, 0.2) is 0 Å². The molecule has 0 bridgehead atoms. The van der Waals surface area contributed by atoms with Gasteiger partial charge in [0.2, 0.25) is 5.91 Å². The molecule has 17 heavy (non-hydrogen) atoms. The van der Waals surface area contributed by atoms with Gasteiger partial charge in [0.25, 0.3) is 0 Å². The van der Waals surface area contributed by atoms with Crippen molar-refractivity contribution < 1.29 is 9.90 Å². The van der Waals surface area contributed by atoms with Crippen molar-refractivity contribution in [3.05, 3.63) is 35.9 Å². The second-order valence-electron chi connectivity index (χ2n) is 4.35. The normalized spacial score (nSPS) is 14.1. The highest BCUT2D eigenvalue weighted by molar-refractivity contribution is 5.83. The molecule has 1 rings (SSSR count). The fourth-order valence-electron chi connectivity index (χ4n) is 1.79. The summed E-state index contributed by atoms with van der Waals surface area (Å²) in [7, 11) is 0. The Hall–Kier alpha value is -1.35. The van der Waals surface area contributed by atoms with Crippen LogP contribution < -0.4 is 5.32 Å². The smallest absolute Gasteiger partial charge is 0.227 e. The molecule has 2 N–H and O–H groups in total. The number of benzene rings is 1. The van der Waals surface area contributed by atoms with Gasteiger partial charge in [-0.3, -0.25) is 4.79 Å². The monoisotopic (exact) mass is 235 g/mol. The summed E-state index contributed by atoms with van der Waals surface area (Å²) in [6.45, 7) is 4.04. The van der Waals surface area contributed by atoms with E-state index in [1.807, 2.05) is 30.3 Å².